The number of hydrogen-bond acceptors (Lipinski definition) is 4. The summed E-state index contributed by atoms with van der Waals surface area (Å²) in [6.45, 7) is 3.21. The van der Waals surface area contributed by atoms with Gasteiger partial charge in [0.25, 0.3) is 5.91 Å². The number of fused-ring (bicyclic) bond motifs is 1. The predicted molar refractivity (Wildman–Crippen MR) is 131 cm³/mol. The van der Waals surface area contributed by atoms with E-state index in [4.69, 9.17) is 17.3 Å². The van der Waals surface area contributed by atoms with E-state index < -0.39 is 22.0 Å². The largest absolute Gasteiger partial charge is 0.368 e. The van der Waals surface area contributed by atoms with E-state index in [1.165, 1.54) is 28.6 Å². The van der Waals surface area contributed by atoms with Crippen molar-refractivity contribution in [2.75, 3.05) is 13.1 Å². The second-order valence-corrected chi connectivity index (χ2v) is 11.4. The lowest BCUT2D eigenvalue weighted by Crippen LogP contribution is -2.47. The fourth-order valence-corrected chi connectivity index (χ4v) is 6.24. The third-order valence-electron chi connectivity index (χ3n) is 6.70. The van der Waals surface area contributed by atoms with E-state index in [9.17, 15) is 18.0 Å². The second kappa shape index (κ2) is 10.1. The van der Waals surface area contributed by atoms with Gasteiger partial charge in [-0.15, -0.1) is 0 Å². The van der Waals surface area contributed by atoms with E-state index in [2.05, 4.69) is 0 Å². The van der Waals surface area contributed by atoms with Crippen LogP contribution in [0, 0.1) is 5.92 Å². The summed E-state index contributed by atoms with van der Waals surface area (Å²) < 4.78 is 28.6. The van der Waals surface area contributed by atoms with E-state index in [1.807, 2.05) is 13.0 Å². The average molecular weight is 504 g/mol. The molecule has 1 heterocycles. The SMILES string of the molecule is CCN1CCc2cc(CN([C@H](CCC3CC3)C(N)=O)S(=O)(=O)c3ccc(Cl)cc3)ccc2C1=O. The zero-order valence-electron chi connectivity index (χ0n) is 19.2. The third kappa shape index (κ3) is 5.29. The van der Waals surface area contributed by atoms with Gasteiger partial charge in [0.15, 0.2) is 0 Å². The van der Waals surface area contributed by atoms with Crippen LogP contribution < -0.4 is 5.73 Å². The molecule has 0 radical (unpaired) electrons. The van der Waals surface area contributed by atoms with Crippen molar-refractivity contribution in [1.29, 1.82) is 0 Å². The fraction of sp³-hybridized carbons (Fsp3) is 0.440. The number of nitrogens with two attached hydrogens (primary N) is 1. The Morgan fingerprint density at radius 2 is 1.91 bits per heavy atom. The quantitative estimate of drug-likeness (QED) is 0.535. The van der Waals surface area contributed by atoms with Gasteiger partial charge in [-0.1, -0.05) is 36.6 Å². The Morgan fingerprint density at radius 3 is 2.53 bits per heavy atom. The third-order valence-corrected chi connectivity index (χ3v) is 8.82. The molecule has 2 aromatic carbocycles. The van der Waals surface area contributed by atoms with Crippen LogP contribution in [0.25, 0.3) is 0 Å². The summed E-state index contributed by atoms with van der Waals surface area (Å²) in [5.74, 6) is -0.150. The monoisotopic (exact) mass is 503 g/mol. The first kappa shape index (κ1) is 24.7. The zero-order chi connectivity index (χ0) is 24.5. The lowest BCUT2D eigenvalue weighted by Gasteiger charge is -2.30. The standard InChI is InChI=1S/C25H30ClN3O4S/c1-2-28-14-13-19-15-18(5-11-22(19)25(28)31)16-29(23(24(27)30)12-6-17-3-4-17)34(32,33)21-9-7-20(26)8-10-21/h5,7-11,15,17,23H,2-4,6,12-14,16H2,1H3,(H2,27,30)/t23-/m1/s1. The number of halogens is 1. The molecule has 0 saturated heterocycles. The first-order chi connectivity index (χ1) is 16.2. The van der Waals surface area contributed by atoms with Crippen molar-refractivity contribution in [2.24, 2.45) is 11.7 Å². The minimum Gasteiger partial charge on any atom is -0.368 e. The fourth-order valence-electron chi connectivity index (χ4n) is 4.50. The molecule has 0 aromatic heterocycles. The predicted octanol–water partition coefficient (Wildman–Crippen LogP) is 3.59. The highest BCUT2D eigenvalue weighted by atomic mass is 35.5. The van der Waals surface area contributed by atoms with Crippen LogP contribution in [0.15, 0.2) is 47.4 Å². The van der Waals surface area contributed by atoms with Gasteiger partial charge in [-0.05, 0) is 73.6 Å². The first-order valence-corrected chi connectivity index (χ1v) is 13.5. The number of likely N-dealkylation sites (N-methyl/N-ethyl adjacent to an activating group) is 1. The summed E-state index contributed by atoms with van der Waals surface area (Å²) in [6, 6.07) is 10.3. The summed E-state index contributed by atoms with van der Waals surface area (Å²) in [6.07, 6.45) is 4.03. The van der Waals surface area contributed by atoms with E-state index in [-0.39, 0.29) is 17.3 Å². The Hall–Kier alpha value is -2.42. The maximum absolute atomic E-state index is 13.7. The van der Waals surface area contributed by atoms with E-state index >= 15 is 0 Å². The molecule has 7 nitrogen and oxygen atoms in total. The van der Waals surface area contributed by atoms with Crippen molar-refractivity contribution in [3.8, 4) is 0 Å². The molecule has 2 aromatic rings. The number of carbonyl (C=O) groups is 2. The zero-order valence-corrected chi connectivity index (χ0v) is 20.8. The Balaban J connectivity index is 1.68. The molecular weight excluding hydrogens is 474 g/mol. The van der Waals surface area contributed by atoms with Gasteiger partial charge in [0.05, 0.1) is 4.90 Å². The number of primary amides is 1. The van der Waals surface area contributed by atoms with Crippen LogP contribution in [0.5, 0.6) is 0 Å². The molecule has 2 aliphatic rings. The Bertz CT molecular complexity index is 1180. The van der Waals surface area contributed by atoms with Crippen molar-refractivity contribution in [1.82, 2.24) is 9.21 Å². The number of amides is 2. The van der Waals surface area contributed by atoms with Crippen LogP contribution in [0.3, 0.4) is 0 Å². The van der Waals surface area contributed by atoms with Gasteiger partial charge in [-0.25, -0.2) is 8.42 Å². The molecule has 4 rings (SSSR count). The van der Waals surface area contributed by atoms with Crippen molar-refractivity contribution >= 4 is 33.4 Å². The van der Waals surface area contributed by atoms with Crippen LogP contribution in [0.2, 0.25) is 5.02 Å². The number of benzene rings is 2. The molecule has 1 atom stereocenters. The maximum atomic E-state index is 13.7. The summed E-state index contributed by atoms with van der Waals surface area (Å²) in [5.41, 5.74) is 7.99. The molecular formula is C25H30ClN3O4S. The molecule has 2 amide bonds. The Kier molecular flexibility index (Phi) is 7.31. The molecule has 9 heteroatoms. The number of sulfonamides is 1. The van der Waals surface area contributed by atoms with Crippen LogP contribution in [0.1, 0.15) is 54.1 Å². The maximum Gasteiger partial charge on any atom is 0.254 e. The van der Waals surface area contributed by atoms with E-state index in [0.29, 0.717) is 48.0 Å². The smallest absolute Gasteiger partial charge is 0.254 e. The Morgan fingerprint density at radius 1 is 1.21 bits per heavy atom. The molecule has 0 unspecified atom stereocenters. The number of carbonyl (C=O) groups excluding carboxylic acids is 2. The van der Waals surface area contributed by atoms with Gasteiger partial charge in [-0.3, -0.25) is 9.59 Å². The molecule has 0 spiro atoms. The summed E-state index contributed by atoms with van der Waals surface area (Å²) >= 11 is 5.96. The number of rotatable bonds is 10. The minimum atomic E-state index is -4.03. The summed E-state index contributed by atoms with van der Waals surface area (Å²) in [4.78, 5) is 27.0. The van der Waals surface area contributed by atoms with Gasteiger partial charge >= 0.3 is 0 Å². The van der Waals surface area contributed by atoms with Crippen LogP contribution in [-0.2, 0) is 27.8 Å². The van der Waals surface area contributed by atoms with Gasteiger partial charge in [0.2, 0.25) is 15.9 Å². The van der Waals surface area contributed by atoms with Gasteiger partial charge < -0.3 is 10.6 Å². The highest BCUT2D eigenvalue weighted by Crippen LogP contribution is 2.35. The molecule has 0 bridgehead atoms. The van der Waals surface area contributed by atoms with Crippen molar-refractivity contribution in [2.45, 2.75) is 56.5 Å². The van der Waals surface area contributed by atoms with E-state index in [1.54, 1.807) is 17.0 Å². The highest BCUT2D eigenvalue weighted by molar-refractivity contribution is 7.89. The molecule has 1 aliphatic carbocycles. The van der Waals surface area contributed by atoms with Crippen LogP contribution in [0.4, 0.5) is 0 Å². The minimum absolute atomic E-state index is 0.0117. The number of nitrogens with zero attached hydrogens (tertiary/aromatic N) is 2. The molecule has 1 saturated carbocycles. The first-order valence-electron chi connectivity index (χ1n) is 11.7. The molecule has 1 fully saturated rings. The van der Waals surface area contributed by atoms with Gasteiger partial charge in [0.1, 0.15) is 6.04 Å². The summed E-state index contributed by atoms with van der Waals surface area (Å²) in [7, 11) is -4.03. The van der Waals surface area contributed by atoms with Gasteiger partial charge in [0, 0.05) is 30.2 Å². The van der Waals surface area contributed by atoms with E-state index in [0.717, 1.165) is 24.8 Å². The lowest BCUT2D eigenvalue weighted by atomic mass is 9.96. The summed E-state index contributed by atoms with van der Waals surface area (Å²) in [5, 5.41) is 0.422. The Labute approximate surface area is 205 Å². The van der Waals surface area contributed by atoms with Crippen LogP contribution >= 0.6 is 11.6 Å². The normalized spacial score (nSPS) is 17.0. The second-order valence-electron chi connectivity index (χ2n) is 9.07. The molecule has 34 heavy (non-hydrogen) atoms. The highest BCUT2D eigenvalue weighted by Gasteiger charge is 2.36. The average Bonchev–Trinajstić information content (AvgIpc) is 3.63. The van der Waals surface area contributed by atoms with Crippen molar-refractivity contribution in [3.05, 3.63) is 64.2 Å². The van der Waals surface area contributed by atoms with Crippen LogP contribution in [-0.4, -0.2) is 48.6 Å². The molecule has 182 valence electrons. The van der Waals surface area contributed by atoms with Crippen molar-refractivity contribution < 1.29 is 18.0 Å². The lowest BCUT2D eigenvalue weighted by molar-refractivity contribution is -0.122. The topological polar surface area (TPSA) is 101 Å². The number of hydrogen-bond donors (Lipinski definition) is 1. The molecule has 1 aliphatic heterocycles. The van der Waals surface area contributed by atoms with Crippen molar-refractivity contribution in [3.63, 3.8) is 0 Å². The van der Waals surface area contributed by atoms with Gasteiger partial charge in [-0.2, -0.15) is 4.31 Å². The molecule has 2 N–H and O–H groups in total.